The van der Waals surface area contributed by atoms with Crippen molar-refractivity contribution in [2.24, 2.45) is 0 Å². The summed E-state index contributed by atoms with van der Waals surface area (Å²) in [5.41, 5.74) is 4.11. The first-order valence-corrected chi connectivity index (χ1v) is 7.73. The average Bonchev–Trinajstić information content (AvgIpc) is 2.82. The molecule has 0 amide bonds. The number of fused-ring (bicyclic) bond motifs is 3. The van der Waals surface area contributed by atoms with E-state index >= 15 is 0 Å². The van der Waals surface area contributed by atoms with E-state index in [1.54, 1.807) is 0 Å². The molecule has 1 heterocycles. The van der Waals surface area contributed by atoms with Crippen LogP contribution in [0.1, 0.15) is 46.1 Å². The van der Waals surface area contributed by atoms with Gasteiger partial charge in [0.25, 0.3) is 0 Å². The Morgan fingerprint density at radius 3 is 2.20 bits per heavy atom. The van der Waals surface area contributed by atoms with E-state index in [2.05, 4.69) is 67.8 Å². The largest absolute Gasteiger partial charge is 0.341 e. The highest BCUT2D eigenvalue weighted by Gasteiger charge is 2.10. The van der Waals surface area contributed by atoms with Crippen LogP contribution < -0.4 is 0 Å². The van der Waals surface area contributed by atoms with Crippen molar-refractivity contribution in [3.63, 3.8) is 0 Å². The van der Waals surface area contributed by atoms with Crippen molar-refractivity contribution in [2.45, 2.75) is 47.1 Å². The number of hydrogen-bond acceptors (Lipinski definition) is 0. The minimum atomic E-state index is 0.582. The van der Waals surface area contributed by atoms with Crippen LogP contribution >= 0.6 is 0 Å². The molecule has 0 aliphatic rings. The van der Waals surface area contributed by atoms with Gasteiger partial charge in [-0.25, -0.2) is 0 Å². The SMILES string of the molecule is CC.CCn1c2ccccc2c2cc(C(C)C)ccc21. The van der Waals surface area contributed by atoms with E-state index in [-0.39, 0.29) is 0 Å². The summed E-state index contributed by atoms with van der Waals surface area (Å²) in [6, 6.07) is 15.6. The molecule has 3 aromatic rings. The summed E-state index contributed by atoms with van der Waals surface area (Å²) in [6.07, 6.45) is 0. The van der Waals surface area contributed by atoms with Gasteiger partial charge < -0.3 is 4.57 Å². The molecule has 0 fully saturated rings. The Labute approximate surface area is 122 Å². The lowest BCUT2D eigenvalue weighted by Gasteiger charge is -2.06. The van der Waals surface area contributed by atoms with Gasteiger partial charge in [0.1, 0.15) is 0 Å². The van der Waals surface area contributed by atoms with Crippen LogP contribution in [-0.4, -0.2) is 4.57 Å². The number of nitrogens with zero attached hydrogens (tertiary/aromatic N) is 1. The highest BCUT2D eigenvalue weighted by molar-refractivity contribution is 6.08. The molecular weight excluding hydrogens is 242 g/mol. The van der Waals surface area contributed by atoms with E-state index in [9.17, 15) is 0 Å². The molecule has 0 bridgehead atoms. The third-order valence-corrected chi connectivity index (χ3v) is 3.78. The quantitative estimate of drug-likeness (QED) is 0.539. The van der Waals surface area contributed by atoms with Crippen molar-refractivity contribution in [1.29, 1.82) is 0 Å². The number of rotatable bonds is 2. The summed E-state index contributed by atoms with van der Waals surface area (Å²) >= 11 is 0. The van der Waals surface area contributed by atoms with Crippen LogP contribution in [0.15, 0.2) is 42.5 Å². The molecule has 0 saturated heterocycles. The summed E-state index contributed by atoms with van der Waals surface area (Å²) in [5, 5.41) is 2.76. The van der Waals surface area contributed by atoms with Gasteiger partial charge in [-0.3, -0.25) is 0 Å². The van der Waals surface area contributed by atoms with Gasteiger partial charge in [0.15, 0.2) is 0 Å². The van der Waals surface area contributed by atoms with Crippen LogP contribution in [0.4, 0.5) is 0 Å². The lowest BCUT2D eigenvalue weighted by atomic mass is 10.0. The van der Waals surface area contributed by atoms with Crippen LogP contribution in [0.3, 0.4) is 0 Å². The van der Waals surface area contributed by atoms with Gasteiger partial charge >= 0.3 is 0 Å². The number of benzene rings is 2. The molecule has 0 spiro atoms. The van der Waals surface area contributed by atoms with E-state index in [1.807, 2.05) is 13.8 Å². The van der Waals surface area contributed by atoms with Gasteiger partial charge in [0.2, 0.25) is 0 Å². The molecule has 0 aliphatic carbocycles. The molecule has 1 aromatic heterocycles. The predicted octanol–water partition coefficient (Wildman–Crippen LogP) is 5.96. The lowest BCUT2D eigenvalue weighted by molar-refractivity contribution is 0.825. The number of para-hydroxylation sites is 1. The van der Waals surface area contributed by atoms with Crippen LogP contribution in [0.25, 0.3) is 21.8 Å². The summed E-state index contributed by atoms with van der Waals surface area (Å²) in [7, 11) is 0. The van der Waals surface area contributed by atoms with Crippen LogP contribution in [0.5, 0.6) is 0 Å². The Morgan fingerprint density at radius 1 is 0.900 bits per heavy atom. The third-order valence-electron chi connectivity index (χ3n) is 3.78. The maximum absolute atomic E-state index is 2.40. The Hall–Kier alpha value is -1.76. The number of aryl methyl sites for hydroxylation is 1. The Kier molecular flexibility index (Phi) is 4.49. The van der Waals surface area contributed by atoms with E-state index in [1.165, 1.54) is 27.4 Å². The van der Waals surface area contributed by atoms with Gasteiger partial charge in [0, 0.05) is 28.4 Å². The second kappa shape index (κ2) is 6.13. The Morgan fingerprint density at radius 2 is 1.55 bits per heavy atom. The zero-order valence-electron chi connectivity index (χ0n) is 13.3. The minimum absolute atomic E-state index is 0.582. The minimum Gasteiger partial charge on any atom is -0.341 e. The fourth-order valence-corrected chi connectivity index (χ4v) is 2.77. The second-order valence-electron chi connectivity index (χ2n) is 5.19. The first kappa shape index (κ1) is 14.6. The van der Waals surface area contributed by atoms with E-state index in [4.69, 9.17) is 0 Å². The summed E-state index contributed by atoms with van der Waals surface area (Å²) in [4.78, 5) is 0. The monoisotopic (exact) mass is 267 g/mol. The molecule has 3 rings (SSSR count). The van der Waals surface area contributed by atoms with Gasteiger partial charge in [0.05, 0.1) is 0 Å². The summed E-state index contributed by atoms with van der Waals surface area (Å²) in [5.74, 6) is 0.582. The molecule has 0 radical (unpaired) electrons. The van der Waals surface area contributed by atoms with Gasteiger partial charge in [-0.1, -0.05) is 52.0 Å². The van der Waals surface area contributed by atoms with Crippen molar-refractivity contribution in [3.05, 3.63) is 48.0 Å². The Balaban J connectivity index is 0.000000704. The topological polar surface area (TPSA) is 4.93 Å². The summed E-state index contributed by atoms with van der Waals surface area (Å²) < 4.78 is 2.40. The lowest BCUT2D eigenvalue weighted by Crippen LogP contribution is -1.93. The van der Waals surface area contributed by atoms with Gasteiger partial charge in [-0.2, -0.15) is 0 Å². The number of hydrogen-bond donors (Lipinski definition) is 0. The average molecular weight is 267 g/mol. The molecule has 0 unspecified atom stereocenters. The normalized spacial score (nSPS) is 10.9. The van der Waals surface area contributed by atoms with Crippen LogP contribution in [0, 0.1) is 0 Å². The van der Waals surface area contributed by atoms with Gasteiger partial charge in [-0.05, 0) is 36.6 Å². The fraction of sp³-hybridized carbons (Fsp3) is 0.368. The zero-order chi connectivity index (χ0) is 14.7. The Bertz CT molecular complexity index is 704. The van der Waals surface area contributed by atoms with Crippen LogP contribution in [0.2, 0.25) is 0 Å². The highest BCUT2D eigenvalue weighted by Crippen LogP contribution is 2.31. The van der Waals surface area contributed by atoms with Crippen molar-refractivity contribution < 1.29 is 0 Å². The molecule has 0 atom stereocenters. The second-order valence-corrected chi connectivity index (χ2v) is 5.19. The number of aromatic nitrogens is 1. The van der Waals surface area contributed by atoms with Crippen molar-refractivity contribution in [3.8, 4) is 0 Å². The van der Waals surface area contributed by atoms with Crippen molar-refractivity contribution in [2.75, 3.05) is 0 Å². The van der Waals surface area contributed by atoms with E-state index < -0.39 is 0 Å². The highest BCUT2D eigenvalue weighted by atomic mass is 15.0. The smallest absolute Gasteiger partial charge is 0.0491 e. The molecule has 20 heavy (non-hydrogen) atoms. The molecule has 1 nitrogen and oxygen atoms in total. The zero-order valence-corrected chi connectivity index (χ0v) is 13.3. The summed E-state index contributed by atoms with van der Waals surface area (Å²) in [6.45, 7) is 11.7. The molecule has 0 aliphatic heterocycles. The third kappa shape index (κ3) is 2.33. The van der Waals surface area contributed by atoms with Crippen molar-refractivity contribution in [1.82, 2.24) is 4.57 Å². The maximum atomic E-state index is 2.40. The van der Waals surface area contributed by atoms with Crippen LogP contribution in [-0.2, 0) is 6.54 Å². The van der Waals surface area contributed by atoms with E-state index in [0.717, 1.165) is 6.54 Å². The molecule has 0 saturated carbocycles. The maximum Gasteiger partial charge on any atom is 0.0491 e. The van der Waals surface area contributed by atoms with Crippen molar-refractivity contribution >= 4 is 21.8 Å². The molecular formula is C19H25N. The fourth-order valence-electron chi connectivity index (χ4n) is 2.77. The standard InChI is InChI=1S/C17H19N.C2H6/c1-4-18-16-8-6-5-7-14(16)15-11-13(12(2)3)9-10-17(15)18;1-2/h5-12H,4H2,1-3H3;1-2H3. The first-order chi connectivity index (χ1) is 9.72. The van der Waals surface area contributed by atoms with Gasteiger partial charge in [-0.15, -0.1) is 0 Å². The van der Waals surface area contributed by atoms with E-state index in [0.29, 0.717) is 5.92 Å². The molecule has 2 aromatic carbocycles. The first-order valence-electron chi connectivity index (χ1n) is 7.73. The molecule has 0 N–H and O–H groups in total. The molecule has 1 heteroatoms. The predicted molar refractivity (Wildman–Crippen MR) is 90.6 cm³/mol. The molecule has 106 valence electrons.